The predicted octanol–water partition coefficient (Wildman–Crippen LogP) is -3.97. The molecule has 6 nitrogen and oxygen atoms in total. The van der Waals surface area contributed by atoms with Crippen molar-refractivity contribution in [2.24, 2.45) is 0 Å². The van der Waals surface area contributed by atoms with Crippen LogP contribution in [-0.2, 0) is 22.9 Å². The molecule has 0 saturated carbocycles. The van der Waals surface area contributed by atoms with Gasteiger partial charge in [-0.25, -0.2) is 0 Å². The van der Waals surface area contributed by atoms with E-state index in [9.17, 15) is 0 Å². The molecule has 0 aliphatic rings. The Morgan fingerprint density at radius 1 is 1.09 bits per heavy atom. The van der Waals surface area contributed by atoms with Crippen molar-refractivity contribution < 1.29 is 42.8 Å². The fourth-order valence-electron chi connectivity index (χ4n) is 0. The summed E-state index contributed by atoms with van der Waals surface area (Å²) in [7, 11) is 0. The van der Waals surface area contributed by atoms with Gasteiger partial charge >= 0.3 is 131 Å². The Labute approximate surface area is 149 Å². The van der Waals surface area contributed by atoms with E-state index >= 15 is 0 Å². The van der Waals surface area contributed by atoms with Crippen molar-refractivity contribution in [3.05, 3.63) is 0 Å². The van der Waals surface area contributed by atoms with Crippen molar-refractivity contribution in [1.82, 2.24) is 0 Å². The van der Waals surface area contributed by atoms with Crippen LogP contribution in [0.15, 0.2) is 0 Å². The first-order chi connectivity index (χ1) is 3.73. The zero-order valence-electron chi connectivity index (χ0n) is 4.64. The molecule has 64 valence electrons. The first-order valence-corrected chi connectivity index (χ1v) is 4.62. The Morgan fingerprint density at radius 3 is 1.09 bits per heavy atom. The number of carboxylic acids is 1. The van der Waals surface area contributed by atoms with Crippen molar-refractivity contribution in [2.75, 3.05) is 0 Å². The van der Waals surface area contributed by atoms with Crippen LogP contribution in [0, 0.1) is 0 Å². The molecule has 0 aliphatic carbocycles. The normalized spacial score (nSPS) is 7.73. The summed E-state index contributed by atoms with van der Waals surface area (Å²) in [5.74, 6) is -0.833. The summed E-state index contributed by atoms with van der Waals surface area (Å²) in [6.45, 7) is 1.08. The molecule has 0 saturated heterocycles. The number of aliphatic carboxylic acids is 1. The molecule has 0 spiro atoms. The maximum absolute atomic E-state index is 9.00. The first kappa shape index (κ1) is 23.8. The van der Waals surface area contributed by atoms with Gasteiger partial charge in [-0.3, -0.25) is 4.79 Å². The predicted molar refractivity (Wildman–Crippen MR) is 39.3 cm³/mol. The third kappa shape index (κ3) is 164. The van der Waals surface area contributed by atoms with Gasteiger partial charge < -0.3 is 5.11 Å². The van der Waals surface area contributed by atoms with Gasteiger partial charge in [-0.2, -0.15) is 0 Å². The van der Waals surface area contributed by atoms with Crippen LogP contribution < -0.4 is 0 Å². The van der Waals surface area contributed by atoms with Gasteiger partial charge in [0.05, 0.1) is 0 Å². The molecule has 0 radical (unpaired) electrons. The average Bonchev–Trinajstić information content (AvgIpc) is 1.19. The van der Waals surface area contributed by atoms with E-state index in [-0.39, 0.29) is 97.8 Å². The molecule has 0 atom stereocenters. The van der Waals surface area contributed by atoms with Gasteiger partial charge in [0, 0.05) is 6.92 Å². The summed E-state index contributed by atoms with van der Waals surface area (Å²) in [4.78, 5) is 9.00. The fraction of sp³-hybridized carbons (Fsp3) is 0.500. The van der Waals surface area contributed by atoms with Gasteiger partial charge in [0.15, 0.2) is 0 Å². The molecule has 0 rings (SSSR count). The molecule has 0 unspecified atom stereocenters. The van der Waals surface area contributed by atoms with Crippen LogP contribution in [0.25, 0.3) is 0 Å². The maximum atomic E-state index is 9.00. The Balaban J connectivity index is -0.0000000383. The molecule has 0 amide bonds. The first-order valence-electron chi connectivity index (χ1n) is 1.82. The molecule has 0 aliphatic heterocycles. The van der Waals surface area contributed by atoms with Crippen molar-refractivity contribution in [2.45, 2.75) is 6.92 Å². The van der Waals surface area contributed by atoms with Crippen LogP contribution >= 0.6 is 0 Å². The van der Waals surface area contributed by atoms with Gasteiger partial charge in [-0.1, -0.05) is 0 Å². The van der Waals surface area contributed by atoms with E-state index in [2.05, 4.69) is 0 Å². The fourth-order valence-corrected chi connectivity index (χ4v) is 0. The summed E-state index contributed by atoms with van der Waals surface area (Å²) < 4.78 is 29.5. The zero-order chi connectivity index (χ0) is 8.08. The minimum atomic E-state index is -5.00. The number of carbonyl (C=O) groups is 1. The van der Waals surface area contributed by atoms with Gasteiger partial charge in [0.1, 0.15) is 0 Å². The van der Waals surface area contributed by atoms with Crippen molar-refractivity contribution >= 4 is 104 Å². The third-order valence-corrected chi connectivity index (χ3v) is 0. The Morgan fingerprint density at radius 2 is 1.09 bits per heavy atom. The number of hydrogen-bond donors (Lipinski definition) is 5. The van der Waals surface area contributed by atoms with Crippen molar-refractivity contribution in [3.63, 3.8) is 0 Å². The summed E-state index contributed by atoms with van der Waals surface area (Å²) >= 11 is -5.00. The Bertz CT molecular complexity index is 81.1. The molecule has 0 heterocycles. The van der Waals surface area contributed by atoms with E-state index in [0.29, 0.717) is 0 Å². The Kier molecular flexibility index (Phi) is 28.4. The third-order valence-electron chi connectivity index (χ3n) is 0. The monoisotopic (exact) mass is 456 g/mol. The molecule has 0 aromatic heterocycles. The number of hydrogen-bond acceptors (Lipinski definition) is 5. The molecule has 0 aromatic rings. The minimum absolute atomic E-state index is 0. The molecule has 0 fully saturated rings. The van der Waals surface area contributed by atoms with Gasteiger partial charge in [0.25, 0.3) is 5.97 Å². The average molecular weight is 455 g/mol. The molecule has 11 heavy (non-hydrogen) atoms. The van der Waals surface area contributed by atoms with E-state index in [1.807, 2.05) is 0 Å². The summed E-state index contributed by atoms with van der Waals surface area (Å²) in [5.41, 5.74) is 0. The van der Waals surface area contributed by atoms with Crippen molar-refractivity contribution in [3.8, 4) is 0 Å². The van der Waals surface area contributed by atoms with E-state index in [1.54, 1.807) is 0 Å². The van der Waals surface area contributed by atoms with Gasteiger partial charge in [-0.15, -0.1) is 0 Å². The van der Waals surface area contributed by atoms with Gasteiger partial charge in [0.2, 0.25) is 0 Å². The number of carboxylic acid groups (broad SMARTS) is 1. The van der Waals surface area contributed by atoms with E-state index in [0.717, 1.165) is 6.92 Å². The summed E-state index contributed by atoms with van der Waals surface area (Å²) in [6, 6.07) is 0. The van der Waals surface area contributed by atoms with Crippen molar-refractivity contribution in [1.29, 1.82) is 0 Å². The summed E-state index contributed by atoms with van der Waals surface area (Å²) in [6.07, 6.45) is 0. The van der Waals surface area contributed by atoms with Crippen LogP contribution in [0.4, 0.5) is 0 Å². The molecule has 5 N–H and O–H groups in total. The molecular weight excluding hydrogens is 443 g/mol. The van der Waals surface area contributed by atoms with E-state index < -0.39 is 24.1 Å². The van der Waals surface area contributed by atoms with Gasteiger partial charge in [-0.05, 0) is 0 Å². The Hall–Kier alpha value is 3.17. The topological polar surface area (TPSA) is 118 Å². The standard InChI is InChI=1S/C2H4O2.2Ba.4H2O.Ti.4H/c1-2(3)4;;;;;;;;;;;/h1H3,(H,3,4);;;4*1H2;;;;;/q;;;;;;;+4;;;;/p-4. The molecule has 0 aromatic carbocycles. The van der Waals surface area contributed by atoms with Crippen LogP contribution in [-0.4, -0.2) is 124 Å². The second-order valence-corrected chi connectivity index (χ2v) is 2.99. The quantitative estimate of drug-likeness (QED) is 0.238. The van der Waals surface area contributed by atoms with Crippen LogP contribution in [0.3, 0.4) is 0 Å². The SMILES string of the molecule is CC(=O)O.[BaH2].[BaH2].[OH][Ti]([OH])([OH])[OH]. The molecule has 0 bridgehead atoms. The van der Waals surface area contributed by atoms with E-state index in [1.165, 1.54) is 0 Å². The zero-order valence-corrected chi connectivity index (χ0v) is 6.21. The second-order valence-electron chi connectivity index (χ2n) is 1.12. The van der Waals surface area contributed by atoms with Crippen LogP contribution in [0.2, 0.25) is 0 Å². The molecule has 9 heteroatoms. The second kappa shape index (κ2) is 13.2. The molecular formula is C2H12Ba2O6Ti. The van der Waals surface area contributed by atoms with E-state index in [4.69, 9.17) is 24.7 Å². The number of rotatable bonds is 0. The summed E-state index contributed by atoms with van der Waals surface area (Å²) in [5, 5.41) is 7.42. The van der Waals surface area contributed by atoms with Crippen LogP contribution in [0.1, 0.15) is 6.92 Å². The van der Waals surface area contributed by atoms with Crippen LogP contribution in [0.5, 0.6) is 0 Å².